The van der Waals surface area contributed by atoms with E-state index in [4.69, 9.17) is 15.2 Å². The fraction of sp³-hybridized carbons (Fsp3) is 0.267. The van der Waals surface area contributed by atoms with E-state index in [9.17, 15) is 4.39 Å². The molecule has 5 heteroatoms. The summed E-state index contributed by atoms with van der Waals surface area (Å²) in [7, 11) is 1.55. The lowest BCUT2D eigenvalue weighted by Gasteiger charge is -2.10. The van der Waals surface area contributed by atoms with Gasteiger partial charge < -0.3 is 15.2 Å². The lowest BCUT2D eigenvalue weighted by atomic mass is 10.1. The summed E-state index contributed by atoms with van der Waals surface area (Å²) < 4.78 is 24.3. The van der Waals surface area contributed by atoms with E-state index < -0.39 is 0 Å². The van der Waals surface area contributed by atoms with E-state index in [0.29, 0.717) is 22.9 Å². The molecule has 4 nitrogen and oxygen atoms in total. The van der Waals surface area contributed by atoms with Crippen molar-refractivity contribution >= 4 is 0 Å². The first kappa shape index (κ1) is 14.3. The molecule has 0 saturated heterocycles. The van der Waals surface area contributed by atoms with Crippen molar-refractivity contribution in [2.24, 2.45) is 5.73 Å². The summed E-state index contributed by atoms with van der Waals surface area (Å²) in [5, 5.41) is 0. The first-order valence-electron chi connectivity index (χ1n) is 6.28. The second-order valence-electron chi connectivity index (χ2n) is 4.43. The zero-order valence-corrected chi connectivity index (χ0v) is 11.5. The Kier molecular flexibility index (Phi) is 4.53. The topological polar surface area (TPSA) is 57.4 Å². The summed E-state index contributed by atoms with van der Waals surface area (Å²) in [4.78, 5) is 4.21. The zero-order valence-electron chi connectivity index (χ0n) is 11.5. The molecule has 1 atom stereocenters. The average Bonchev–Trinajstić information content (AvgIpc) is 2.45. The summed E-state index contributed by atoms with van der Waals surface area (Å²) in [5.74, 6) is 0.595. The third-order valence-corrected chi connectivity index (χ3v) is 2.84. The van der Waals surface area contributed by atoms with Gasteiger partial charge in [-0.1, -0.05) is 12.1 Å². The van der Waals surface area contributed by atoms with Crippen molar-refractivity contribution < 1.29 is 13.9 Å². The SMILES string of the molecule is COc1cccc(COc2ccc(C(C)N)c(F)c2)n1. The van der Waals surface area contributed by atoms with Gasteiger partial charge >= 0.3 is 0 Å². The third kappa shape index (κ3) is 3.45. The number of hydrogen-bond acceptors (Lipinski definition) is 4. The second kappa shape index (κ2) is 6.34. The number of halogens is 1. The van der Waals surface area contributed by atoms with Crippen LogP contribution in [0.3, 0.4) is 0 Å². The molecule has 0 aliphatic rings. The number of rotatable bonds is 5. The number of ether oxygens (including phenoxy) is 2. The van der Waals surface area contributed by atoms with E-state index in [1.807, 2.05) is 12.1 Å². The van der Waals surface area contributed by atoms with Gasteiger partial charge in [-0.15, -0.1) is 0 Å². The lowest BCUT2D eigenvalue weighted by Crippen LogP contribution is -2.07. The molecule has 1 aromatic carbocycles. The molecule has 106 valence electrons. The van der Waals surface area contributed by atoms with Crippen molar-refractivity contribution in [3.8, 4) is 11.6 Å². The Bertz CT molecular complexity index is 588. The highest BCUT2D eigenvalue weighted by atomic mass is 19.1. The minimum Gasteiger partial charge on any atom is -0.487 e. The molecular weight excluding hydrogens is 259 g/mol. The molecule has 2 aromatic rings. The van der Waals surface area contributed by atoms with Crippen LogP contribution in [0.15, 0.2) is 36.4 Å². The number of hydrogen-bond donors (Lipinski definition) is 1. The lowest BCUT2D eigenvalue weighted by molar-refractivity contribution is 0.296. The number of aromatic nitrogens is 1. The van der Waals surface area contributed by atoms with Crippen LogP contribution in [0, 0.1) is 5.82 Å². The molecule has 1 heterocycles. The molecular formula is C15H17FN2O2. The number of nitrogens with two attached hydrogens (primary N) is 1. The van der Waals surface area contributed by atoms with Gasteiger partial charge in [-0.3, -0.25) is 0 Å². The smallest absolute Gasteiger partial charge is 0.213 e. The van der Waals surface area contributed by atoms with Gasteiger partial charge in [0.25, 0.3) is 0 Å². The van der Waals surface area contributed by atoms with Crippen molar-refractivity contribution in [1.29, 1.82) is 0 Å². The van der Waals surface area contributed by atoms with Gasteiger partial charge in [0.05, 0.1) is 12.8 Å². The Hall–Kier alpha value is -2.14. The Balaban J connectivity index is 2.05. The summed E-state index contributed by atoms with van der Waals surface area (Å²) in [6.45, 7) is 1.98. The fourth-order valence-corrected chi connectivity index (χ4v) is 1.78. The molecule has 1 aromatic heterocycles. The number of benzene rings is 1. The van der Waals surface area contributed by atoms with Gasteiger partial charge in [-0.25, -0.2) is 9.37 Å². The molecule has 0 spiro atoms. The van der Waals surface area contributed by atoms with E-state index in [1.54, 1.807) is 32.2 Å². The third-order valence-electron chi connectivity index (χ3n) is 2.84. The summed E-state index contributed by atoms with van der Waals surface area (Å²) in [6, 6.07) is 9.71. The van der Waals surface area contributed by atoms with Gasteiger partial charge in [0, 0.05) is 23.7 Å². The van der Waals surface area contributed by atoms with E-state index in [-0.39, 0.29) is 18.5 Å². The minimum absolute atomic E-state index is 0.244. The molecule has 0 saturated carbocycles. The molecule has 0 aliphatic carbocycles. The molecule has 0 aliphatic heterocycles. The monoisotopic (exact) mass is 276 g/mol. The predicted molar refractivity (Wildman–Crippen MR) is 74.1 cm³/mol. The first-order valence-corrected chi connectivity index (χ1v) is 6.28. The summed E-state index contributed by atoms with van der Waals surface area (Å²) in [6.07, 6.45) is 0. The van der Waals surface area contributed by atoms with Crippen molar-refractivity contribution in [2.75, 3.05) is 7.11 Å². The maximum absolute atomic E-state index is 13.7. The molecule has 0 bridgehead atoms. The molecule has 20 heavy (non-hydrogen) atoms. The van der Waals surface area contributed by atoms with E-state index >= 15 is 0 Å². The molecule has 2 rings (SSSR count). The first-order chi connectivity index (χ1) is 9.60. The van der Waals surface area contributed by atoms with Crippen LogP contribution in [-0.2, 0) is 6.61 Å². The van der Waals surface area contributed by atoms with Gasteiger partial charge in [-0.05, 0) is 19.1 Å². The standard InChI is InChI=1S/C15H17FN2O2/c1-10(17)13-7-6-12(8-14(13)16)20-9-11-4-3-5-15(18-11)19-2/h3-8,10H,9,17H2,1-2H3. The van der Waals surface area contributed by atoms with Gasteiger partial charge in [0.15, 0.2) is 0 Å². The van der Waals surface area contributed by atoms with Gasteiger partial charge in [0.2, 0.25) is 5.88 Å². The van der Waals surface area contributed by atoms with Crippen LogP contribution in [0.4, 0.5) is 4.39 Å². The van der Waals surface area contributed by atoms with Crippen LogP contribution in [0.1, 0.15) is 24.2 Å². The van der Waals surface area contributed by atoms with E-state index in [1.165, 1.54) is 6.07 Å². The van der Waals surface area contributed by atoms with Crippen molar-refractivity contribution in [3.05, 3.63) is 53.5 Å². The number of nitrogens with zero attached hydrogens (tertiary/aromatic N) is 1. The van der Waals surface area contributed by atoms with Crippen molar-refractivity contribution in [3.63, 3.8) is 0 Å². The Morgan fingerprint density at radius 2 is 2.10 bits per heavy atom. The maximum Gasteiger partial charge on any atom is 0.213 e. The van der Waals surface area contributed by atoms with Crippen LogP contribution in [0.5, 0.6) is 11.6 Å². The van der Waals surface area contributed by atoms with Crippen LogP contribution in [0.2, 0.25) is 0 Å². The number of methoxy groups -OCH3 is 1. The fourth-order valence-electron chi connectivity index (χ4n) is 1.78. The molecule has 1 unspecified atom stereocenters. The maximum atomic E-state index is 13.7. The van der Waals surface area contributed by atoms with Gasteiger partial charge in [0.1, 0.15) is 18.2 Å². The van der Waals surface area contributed by atoms with Crippen LogP contribution < -0.4 is 15.2 Å². The highest BCUT2D eigenvalue weighted by Crippen LogP contribution is 2.21. The Labute approximate surface area is 117 Å². The number of pyridine rings is 1. The molecule has 0 amide bonds. The van der Waals surface area contributed by atoms with E-state index in [0.717, 1.165) is 0 Å². The normalized spacial score (nSPS) is 12.0. The van der Waals surface area contributed by atoms with Crippen molar-refractivity contribution in [2.45, 2.75) is 19.6 Å². The van der Waals surface area contributed by atoms with Crippen molar-refractivity contribution in [1.82, 2.24) is 4.98 Å². The molecule has 0 radical (unpaired) electrons. The predicted octanol–water partition coefficient (Wildman–Crippen LogP) is 2.83. The van der Waals surface area contributed by atoms with E-state index in [2.05, 4.69) is 4.98 Å². The zero-order chi connectivity index (χ0) is 14.5. The second-order valence-corrected chi connectivity index (χ2v) is 4.43. The molecule has 0 fully saturated rings. The summed E-state index contributed by atoms with van der Waals surface area (Å²) in [5.41, 5.74) is 6.84. The van der Waals surface area contributed by atoms with Crippen LogP contribution in [0.25, 0.3) is 0 Å². The highest BCUT2D eigenvalue weighted by molar-refractivity contribution is 5.30. The quantitative estimate of drug-likeness (QED) is 0.912. The Morgan fingerprint density at radius 3 is 2.75 bits per heavy atom. The summed E-state index contributed by atoms with van der Waals surface area (Å²) >= 11 is 0. The molecule has 2 N–H and O–H groups in total. The Morgan fingerprint density at radius 1 is 1.30 bits per heavy atom. The van der Waals surface area contributed by atoms with Crippen LogP contribution >= 0.6 is 0 Å². The van der Waals surface area contributed by atoms with Gasteiger partial charge in [-0.2, -0.15) is 0 Å². The minimum atomic E-state index is -0.365. The largest absolute Gasteiger partial charge is 0.487 e. The highest BCUT2D eigenvalue weighted by Gasteiger charge is 2.08. The average molecular weight is 276 g/mol. The van der Waals surface area contributed by atoms with Crippen LogP contribution in [-0.4, -0.2) is 12.1 Å².